The maximum atomic E-state index is 12.6. The van der Waals surface area contributed by atoms with Gasteiger partial charge >= 0.3 is 11.9 Å². The molecule has 1 aromatic carbocycles. The predicted octanol–water partition coefficient (Wildman–Crippen LogP) is 2.63. The standard InChI is InChI=1S/C20H27N3O4/c1-20(2,3)27-19(26)13-8-6-10-23(17(13)21)16(18(24)25)15-11-12-7-4-5-9-14(12)22-15/h4-5,7,9,11,13,16-17,22H,6,8,10,21H2,1-3H3,(H,24,25)/t13-,16+,17+/m1/s1. The van der Waals surface area contributed by atoms with Crippen LogP contribution in [0, 0.1) is 5.92 Å². The fraction of sp³-hybridized carbons (Fsp3) is 0.500. The first kappa shape index (κ1) is 19.4. The highest BCUT2D eigenvalue weighted by molar-refractivity contribution is 5.84. The van der Waals surface area contributed by atoms with Gasteiger partial charge < -0.3 is 20.6 Å². The van der Waals surface area contributed by atoms with Gasteiger partial charge in [-0.1, -0.05) is 18.2 Å². The number of esters is 1. The summed E-state index contributed by atoms with van der Waals surface area (Å²) in [5.41, 5.74) is 7.18. The fourth-order valence-corrected chi connectivity index (χ4v) is 3.68. The van der Waals surface area contributed by atoms with Gasteiger partial charge in [-0.15, -0.1) is 0 Å². The summed E-state index contributed by atoms with van der Waals surface area (Å²) in [5.74, 6) is -1.92. The molecule has 0 aliphatic carbocycles. The van der Waals surface area contributed by atoms with Crippen LogP contribution in [0.5, 0.6) is 0 Å². The molecular formula is C20H27N3O4. The first-order valence-electron chi connectivity index (χ1n) is 9.22. The number of fused-ring (bicyclic) bond motifs is 1. The van der Waals surface area contributed by atoms with E-state index in [1.54, 1.807) is 4.90 Å². The molecule has 4 N–H and O–H groups in total. The lowest BCUT2D eigenvalue weighted by atomic mass is 9.92. The summed E-state index contributed by atoms with van der Waals surface area (Å²) >= 11 is 0. The zero-order chi connectivity index (χ0) is 19.8. The second-order valence-electron chi connectivity index (χ2n) is 8.06. The third-order valence-electron chi connectivity index (χ3n) is 4.85. The molecule has 2 heterocycles. The average Bonchev–Trinajstić information content (AvgIpc) is 2.98. The molecule has 0 bridgehead atoms. The molecule has 3 rings (SSSR count). The first-order chi connectivity index (χ1) is 12.7. The maximum absolute atomic E-state index is 12.6. The highest BCUT2D eigenvalue weighted by Gasteiger charge is 2.42. The summed E-state index contributed by atoms with van der Waals surface area (Å²) in [7, 11) is 0. The van der Waals surface area contributed by atoms with Gasteiger partial charge in [0.25, 0.3) is 0 Å². The third kappa shape index (κ3) is 4.14. The number of para-hydroxylation sites is 1. The molecule has 1 aliphatic heterocycles. The molecule has 0 spiro atoms. The summed E-state index contributed by atoms with van der Waals surface area (Å²) in [6, 6.07) is 8.51. The summed E-state index contributed by atoms with van der Waals surface area (Å²) in [6.07, 6.45) is 0.550. The number of carbonyl (C=O) groups is 2. The van der Waals surface area contributed by atoms with Crippen molar-refractivity contribution >= 4 is 22.8 Å². The van der Waals surface area contributed by atoms with E-state index in [2.05, 4.69) is 4.98 Å². The molecule has 1 fully saturated rings. The van der Waals surface area contributed by atoms with E-state index in [1.807, 2.05) is 51.1 Å². The Labute approximate surface area is 158 Å². The molecule has 0 unspecified atom stereocenters. The SMILES string of the molecule is CC(C)(C)OC(=O)[C@@H]1CCCN([C@H](C(=O)O)c2cc3ccccc3[nH]2)[C@@H]1N. The molecule has 27 heavy (non-hydrogen) atoms. The van der Waals surface area contributed by atoms with Crippen LogP contribution in [-0.4, -0.2) is 45.2 Å². The number of aliphatic carboxylic acids is 1. The van der Waals surface area contributed by atoms with Gasteiger partial charge in [0.15, 0.2) is 0 Å². The Hall–Kier alpha value is -2.38. The Morgan fingerprint density at radius 2 is 2.04 bits per heavy atom. The van der Waals surface area contributed by atoms with Crippen LogP contribution in [0.25, 0.3) is 10.9 Å². The lowest BCUT2D eigenvalue weighted by Gasteiger charge is -2.41. The Kier molecular flexibility index (Phi) is 5.26. The number of carbonyl (C=O) groups excluding carboxylic acids is 1. The Bertz CT molecular complexity index is 806. The number of nitrogens with zero attached hydrogens (tertiary/aromatic N) is 1. The van der Waals surface area contributed by atoms with Crippen LogP contribution in [0.3, 0.4) is 0 Å². The van der Waals surface area contributed by atoms with Gasteiger partial charge in [-0.2, -0.15) is 0 Å². The van der Waals surface area contributed by atoms with Gasteiger partial charge in [-0.3, -0.25) is 14.5 Å². The number of benzene rings is 1. The highest BCUT2D eigenvalue weighted by Crippen LogP contribution is 2.32. The Morgan fingerprint density at radius 3 is 2.67 bits per heavy atom. The topological polar surface area (TPSA) is 109 Å². The van der Waals surface area contributed by atoms with Crippen LogP contribution in [0.4, 0.5) is 0 Å². The third-order valence-corrected chi connectivity index (χ3v) is 4.85. The van der Waals surface area contributed by atoms with E-state index in [-0.39, 0.29) is 5.97 Å². The molecular weight excluding hydrogens is 346 g/mol. The van der Waals surface area contributed by atoms with Crippen molar-refractivity contribution in [3.63, 3.8) is 0 Å². The number of H-pyrrole nitrogens is 1. The van der Waals surface area contributed by atoms with E-state index < -0.39 is 29.7 Å². The smallest absolute Gasteiger partial charge is 0.327 e. The van der Waals surface area contributed by atoms with Crippen molar-refractivity contribution in [2.45, 2.75) is 51.4 Å². The lowest BCUT2D eigenvalue weighted by Crippen LogP contribution is -2.56. The van der Waals surface area contributed by atoms with Crippen molar-refractivity contribution in [2.24, 2.45) is 11.7 Å². The number of ether oxygens (including phenoxy) is 1. The Morgan fingerprint density at radius 1 is 1.33 bits per heavy atom. The number of hydrogen-bond donors (Lipinski definition) is 3. The van der Waals surface area contributed by atoms with E-state index in [0.717, 1.165) is 10.9 Å². The molecule has 0 radical (unpaired) electrons. The van der Waals surface area contributed by atoms with Crippen molar-refractivity contribution in [3.05, 3.63) is 36.0 Å². The number of likely N-dealkylation sites (tertiary alicyclic amines) is 1. The van der Waals surface area contributed by atoms with Gasteiger partial charge in [0.1, 0.15) is 11.6 Å². The van der Waals surface area contributed by atoms with Crippen molar-refractivity contribution in [3.8, 4) is 0 Å². The second-order valence-corrected chi connectivity index (χ2v) is 8.06. The fourth-order valence-electron chi connectivity index (χ4n) is 3.68. The quantitative estimate of drug-likeness (QED) is 0.711. The zero-order valence-corrected chi connectivity index (χ0v) is 15.9. The van der Waals surface area contributed by atoms with Crippen LogP contribution in [-0.2, 0) is 14.3 Å². The molecule has 1 aliphatic rings. The normalized spacial score (nSPS) is 22.5. The largest absolute Gasteiger partial charge is 0.480 e. The maximum Gasteiger partial charge on any atom is 0.327 e. The lowest BCUT2D eigenvalue weighted by molar-refractivity contribution is -0.167. The Balaban J connectivity index is 1.88. The van der Waals surface area contributed by atoms with Crippen LogP contribution in [0.2, 0.25) is 0 Å². The van der Waals surface area contributed by atoms with Crippen molar-refractivity contribution in [2.75, 3.05) is 6.54 Å². The van der Waals surface area contributed by atoms with Crippen LogP contribution >= 0.6 is 0 Å². The van der Waals surface area contributed by atoms with Gasteiger partial charge in [-0.25, -0.2) is 0 Å². The van der Waals surface area contributed by atoms with E-state index in [0.29, 0.717) is 25.1 Å². The second kappa shape index (κ2) is 7.32. The number of piperidine rings is 1. The van der Waals surface area contributed by atoms with Crippen LogP contribution in [0.1, 0.15) is 45.3 Å². The van der Waals surface area contributed by atoms with E-state index in [4.69, 9.17) is 10.5 Å². The molecule has 0 amide bonds. The minimum atomic E-state index is -0.998. The van der Waals surface area contributed by atoms with E-state index >= 15 is 0 Å². The minimum Gasteiger partial charge on any atom is -0.480 e. The van der Waals surface area contributed by atoms with Crippen LogP contribution < -0.4 is 5.73 Å². The first-order valence-corrected chi connectivity index (χ1v) is 9.22. The number of hydrogen-bond acceptors (Lipinski definition) is 5. The van der Waals surface area contributed by atoms with Gasteiger partial charge in [0.05, 0.1) is 12.1 Å². The number of carboxylic acid groups (broad SMARTS) is 1. The molecule has 1 aromatic heterocycles. The number of carboxylic acids is 1. The average molecular weight is 373 g/mol. The number of aromatic nitrogens is 1. The van der Waals surface area contributed by atoms with Crippen molar-refractivity contribution < 1.29 is 19.4 Å². The van der Waals surface area contributed by atoms with Gasteiger partial charge in [-0.05, 0) is 51.1 Å². The summed E-state index contributed by atoms with van der Waals surface area (Å²) in [5, 5.41) is 10.8. The zero-order valence-electron chi connectivity index (χ0n) is 15.9. The number of nitrogens with two attached hydrogens (primary N) is 1. The molecule has 146 valence electrons. The minimum absolute atomic E-state index is 0.375. The van der Waals surface area contributed by atoms with Gasteiger partial charge in [0, 0.05) is 17.8 Å². The monoisotopic (exact) mass is 373 g/mol. The molecule has 0 saturated carbocycles. The number of nitrogens with one attached hydrogen (secondary N) is 1. The summed E-state index contributed by atoms with van der Waals surface area (Å²) in [4.78, 5) is 29.5. The predicted molar refractivity (Wildman–Crippen MR) is 102 cm³/mol. The van der Waals surface area contributed by atoms with Crippen LogP contribution in [0.15, 0.2) is 30.3 Å². The summed E-state index contributed by atoms with van der Waals surface area (Å²) < 4.78 is 5.49. The van der Waals surface area contributed by atoms with Crippen molar-refractivity contribution in [1.82, 2.24) is 9.88 Å². The number of aromatic amines is 1. The van der Waals surface area contributed by atoms with E-state index in [1.165, 1.54) is 0 Å². The highest BCUT2D eigenvalue weighted by atomic mass is 16.6. The number of rotatable bonds is 4. The summed E-state index contributed by atoms with van der Waals surface area (Å²) in [6.45, 7) is 5.93. The molecule has 2 aromatic rings. The van der Waals surface area contributed by atoms with Crippen molar-refractivity contribution in [1.29, 1.82) is 0 Å². The van der Waals surface area contributed by atoms with E-state index in [9.17, 15) is 14.7 Å². The molecule has 7 nitrogen and oxygen atoms in total. The molecule has 7 heteroatoms. The molecule has 3 atom stereocenters. The van der Waals surface area contributed by atoms with Gasteiger partial charge in [0.2, 0.25) is 0 Å². The molecule has 1 saturated heterocycles.